The number of carbonyl (C=O) groups excluding carboxylic acids is 3. The van der Waals surface area contributed by atoms with Crippen LogP contribution in [0.25, 0.3) is 0 Å². The second-order valence-corrected chi connectivity index (χ2v) is 9.18. The zero-order chi connectivity index (χ0) is 23.5. The minimum Gasteiger partial charge on any atom is -0.365 e. The monoisotopic (exact) mass is 486 g/mol. The molecule has 0 radical (unpaired) electrons. The van der Waals surface area contributed by atoms with E-state index in [9.17, 15) is 18.8 Å². The van der Waals surface area contributed by atoms with Crippen LogP contribution in [0.15, 0.2) is 42.7 Å². The first-order valence-electron chi connectivity index (χ1n) is 10.2. The first-order chi connectivity index (χ1) is 15.8. The molecule has 3 aromatic rings. The third kappa shape index (κ3) is 5.20. The molecule has 0 spiro atoms. The van der Waals surface area contributed by atoms with Gasteiger partial charge in [0.05, 0.1) is 24.9 Å². The molecule has 3 N–H and O–H groups in total. The molecule has 0 aliphatic carbocycles. The number of fused-ring (bicyclic) bond motifs is 1. The van der Waals surface area contributed by atoms with E-state index in [0.29, 0.717) is 24.5 Å². The Balaban J connectivity index is 1.50. The van der Waals surface area contributed by atoms with E-state index in [-0.39, 0.29) is 34.9 Å². The van der Waals surface area contributed by atoms with Gasteiger partial charge in [0, 0.05) is 28.8 Å². The average molecular weight is 487 g/mol. The zero-order valence-corrected chi connectivity index (χ0v) is 19.0. The van der Waals surface area contributed by atoms with Crippen LogP contribution in [0.4, 0.5) is 9.39 Å². The average Bonchev–Trinajstić information content (AvgIpc) is 3.13. The minimum absolute atomic E-state index is 0.0496. The maximum Gasteiger partial charge on any atom is 0.251 e. The van der Waals surface area contributed by atoms with E-state index in [4.69, 9.17) is 17.3 Å². The molecule has 3 amide bonds. The van der Waals surface area contributed by atoms with Crippen LogP contribution in [0.5, 0.6) is 0 Å². The summed E-state index contributed by atoms with van der Waals surface area (Å²) < 4.78 is 14.0. The fourth-order valence-electron chi connectivity index (χ4n) is 3.76. The summed E-state index contributed by atoms with van der Waals surface area (Å²) in [5, 5.41) is 3.24. The quantitative estimate of drug-likeness (QED) is 0.557. The number of primary amides is 1. The third-order valence-electron chi connectivity index (χ3n) is 5.35. The Bertz CT molecular complexity index is 1230. The number of halogens is 2. The van der Waals surface area contributed by atoms with E-state index in [1.54, 1.807) is 23.4 Å². The van der Waals surface area contributed by atoms with Gasteiger partial charge in [-0.15, -0.1) is 11.3 Å². The van der Waals surface area contributed by atoms with Crippen molar-refractivity contribution in [2.45, 2.75) is 25.8 Å². The number of nitrogens with zero attached hydrogens (tertiary/aromatic N) is 2. The summed E-state index contributed by atoms with van der Waals surface area (Å²) in [7, 11) is 0. The fraction of sp³-hybridized carbons (Fsp3) is 0.217. The molecule has 4 rings (SSSR count). The van der Waals surface area contributed by atoms with E-state index in [0.717, 1.165) is 22.1 Å². The zero-order valence-electron chi connectivity index (χ0n) is 17.4. The number of thiophene rings is 1. The Labute approximate surface area is 198 Å². The Hall–Kier alpha value is -3.30. The van der Waals surface area contributed by atoms with Gasteiger partial charge in [0.25, 0.3) is 5.91 Å². The van der Waals surface area contributed by atoms with Gasteiger partial charge in [-0.2, -0.15) is 0 Å². The highest BCUT2D eigenvalue weighted by Crippen LogP contribution is 2.37. The van der Waals surface area contributed by atoms with Gasteiger partial charge in [0.2, 0.25) is 11.8 Å². The smallest absolute Gasteiger partial charge is 0.251 e. The number of rotatable bonds is 6. The number of amides is 3. The Kier molecular flexibility index (Phi) is 6.71. The predicted octanol–water partition coefficient (Wildman–Crippen LogP) is 3.34. The lowest BCUT2D eigenvalue weighted by atomic mass is 10.0. The van der Waals surface area contributed by atoms with Crippen LogP contribution in [-0.2, 0) is 35.4 Å². The Morgan fingerprint density at radius 2 is 2.06 bits per heavy atom. The highest BCUT2D eigenvalue weighted by atomic mass is 35.5. The summed E-state index contributed by atoms with van der Waals surface area (Å²) in [6.45, 7) is 0.757. The van der Waals surface area contributed by atoms with Crippen molar-refractivity contribution >= 4 is 45.7 Å². The van der Waals surface area contributed by atoms with Crippen LogP contribution in [0.1, 0.15) is 31.9 Å². The van der Waals surface area contributed by atoms with Gasteiger partial charge in [-0.05, 0) is 41.3 Å². The molecule has 0 saturated carbocycles. The molecule has 0 saturated heterocycles. The van der Waals surface area contributed by atoms with Crippen LogP contribution >= 0.6 is 22.9 Å². The Morgan fingerprint density at radius 3 is 2.76 bits per heavy atom. The standard InChI is InChI=1S/C23H20ClFN4O3S/c24-15-4-3-14(17(25)10-15)9-19(30)28-23-21(22(26)32)16-5-7-29(12-18(16)33-23)20(31)8-13-2-1-6-27-11-13/h1-4,6,10-11H,5,7-9,12H2,(H2,26,32)(H,28,30). The summed E-state index contributed by atoms with van der Waals surface area (Å²) in [4.78, 5) is 44.0. The SMILES string of the molecule is NC(=O)c1c(NC(=O)Cc2ccc(Cl)cc2F)sc2c1CCN(C(=O)Cc1cccnc1)C2. The van der Waals surface area contributed by atoms with Crippen molar-refractivity contribution in [1.29, 1.82) is 0 Å². The molecule has 2 aromatic heterocycles. The van der Waals surface area contributed by atoms with Gasteiger partial charge in [-0.25, -0.2) is 4.39 Å². The Morgan fingerprint density at radius 1 is 1.24 bits per heavy atom. The lowest BCUT2D eigenvalue weighted by Crippen LogP contribution is -2.36. The van der Waals surface area contributed by atoms with Gasteiger partial charge in [0.1, 0.15) is 10.8 Å². The maximum atomic E-state index is 14.0. The molecule has 0 fully saturated rings. The molecule has 1 aliphatic heterocycles. The van der Waals surface area contributed by atoms with Crippen LogP contribution in [-0.4, -0.2) is 34.2 Å². The summed E-state index contributed by atoms with van der Waals surface area (Å²) >= 11 is 6.96. The molecule has 10 heteroatoms. The molecule has 0 atom stereocenters. The lowest BCUT2D eigenvalue weighted by Gasteiger charge is -2.27. The molecule has 1 aromatic carbocycles. The van der Waals surface area contributed by atoms with Crippen LogP contribution in [0.3, 0.4) is 0 Å². The molecule has 1 aliphatic rings. The topological polar surface area (TPSA) is 105 Å². The number of pyridine rings is 1. The summed E-state index contributed by atoms with van der Waals surface area (Å²) in [5.74, 6) is -1.77. The maximum absolute atomic E-state index is 14.0. The molecule has 0 unspecified atom stereocenters. The number of hydrogen-bond acceptors (Lipinski definition) is 5. The second-order valence-electron chi connectivity index (χ2n) is 7.64. The van der Waals surface area contributed by atoms with E-state index in [2.05, 4.69) is 10.3 Å². The number of nitrogens with two attached hydrogens (primary N) is 1. The summed E-state index contributed by atoms with van der Waals surface area (Å²) in [5.41, 5.74) is 7.60. The molecule has 3 heterocycles. The predicted molar refractivity (Wildman–Crippen MR) is 124 cm³/mol. The number of nitrogens with one attached hydrogen (secondary N) is 1. The molecular formula is C23H20ClFN4O3S. The number of benzene rings is 1. The normalized spacial score (nSPS) is 12.8. The second kappa shape index (κ2) is 9.68. The van der Waals surface area contributed by atoms with Crippen molar-refractivity contribution in [2.75, 3.05) is 11.9 Å². The van der Waals surface area contributed by atoms with Gasteiger partial charge in [0.15, 0.2) is 0 Å². The number of aromatic nitrogens is 1. The first kappa shape index (κ1) is 22.9. The van der Waals surface area contributed by atoms with Crippen LogP contribution in [0, 0.1) is 5.82 Å². The van der Waals surface area contributed by atoms with Gasteiger partial charge in [-0.3, -0.25) is 19.4 Å². The van der Waals surface area contributed by atoms with Crippen LogP contribution in [0.2, 0.25) is 5.02 Å². The van der Waals surface area contributed by atoms with Gasteiger partial charge in [-0.1, -0.05) is 23.7 Å². The van der Waals surface area contributed by atoms with Crippen molar-refractivity contribution in [1.82, 2.24) is 9.88 Å². The van der Waals surface area contributed by atoms with E-state index in [1.165, 1.54) is 23.5 Å². The molecular weight excluding hydrogens is 467 g/mol. The number of hydrogen-bond donors (Lipinski definition) is 2. The molecule has 33 heavy (non-hydrogen) atoms. The van der Waals surface area contributed by atoms with E-state index < -0.39 is 17.6 Å². The first-order valence-corrected chi connectivity index (χ1v) is 11.4. The summed E-state index contributed by atoms with van der Waals surface area (Å²) in [6.07, 6.45) is 3.76. The van der Waals surface area contributed by atoms with Gasteiger partial charge < -0.3 is 16.0 Å². The number of carbonyl (C=O) groups is 3. The van der Waals surface area contributed by atoms with E-state index >= 15 is 0 Å². The van der Waals surface area contributed by atoms with Crippen molar-refractivity contribution in [3.8, 4) is 0 Å². The highest BCUT2D eigenvalue weighted by molar-refractivity contribution is 7.17. The van der Waals surface area contributed by atoms with Crippen LogP contribution < -0.4 is 11.1 Å². The fourth-order valence-corrected chi connectivity index (χ4v) is 5.21. The minimum atomic E-state index is -0.657. The third-order valence-corrected chi connectivity index (χ3v) is 6.72. The van der Waals surface area contributed by atoms with Crippen molar-refractivity contribution in [2.24, 2.45) is 5.73 Å². The van der Waals surface area contributed by atoms with E-state index in [1.807, 2.05) is 6.07 Å². The van der Waals surface area contributed by atoms with Crippen molar-refractivity contribution in [3.63, 3.8) is 0 Å². The highest BCUT2D eigenvalue weighted by Gasteiger charge is 2.29. The largest absolute Gasteiger partial charge is 0.365 e. The lowest BCUT2D eigenvalue weighted by molar-refractivity contribution is -0.131. The van der Waals surface area contributed by atoms with Crippen molar-refractivity contribution < 1.29 is 18.8 Å². The van der Waals surface area contributed by atoms with Gasteiger partial charge >= 0.3 is 0 Å². The molecule has 0 bridgehead atoms. The molecule has 170 valence electrons. The number of anilines is 1. The summed E-state index contributed by atoms with van der Waals surface area (Å²) in [6, 6.07) is 7.70. The molecule has 7 nitrogen and oxygen atoms in total. The van der Waals surface area contributed by atoms with Crippen molar-refractivity contribution in [3.05, 3.63) is 80.7 Å².